The Labute approximate surface area is 190 Å². The molecule has 33 heavy (non-hydrogen) atoms. The lowest BCUT2D eigenvalue weighted by molar-refractivity contribution is -0.384. The summed E-state index contributed by atoms with van der Waals surface area (Å²) in [5, 5.41) is 13.6. The lowest BCUT2D eigenvalue weighted by Crippen LogP contribution is -2.30. The third kappa shape index (κ3) is 6.59. The largest absolute Gasteiger partial charge is 0.513 e. The number of hydrogen-bond acceptors (Lipinski definition) is 9. The first-order chi connectivity index (χ1) is 15.9. The number of ketones is 1. The smallest absolute Gasteiger partial charge is 0.434 e. The van der Waals surface area contributed by atoms with Crippen LogP contribution in [0.2, 0.25) is 0 Å². The van der Waals surface area contributed by atoms with Crippen LogP contribution in [0.3, 0.4) is 0 Å². The summed E-state index contributed by atoms with van der Waals surface area (Å²) in [7, 11) is 0. The van der Waals surface area contributed by atoms with E-state index in [9.17, 15) is 19.7 Å². The van der Waals surface area contributed by atoms with E-state index in [2.05, 4.69) is 10.3 Å². The Kier molecular flexibility index (Phi) is 8.09. The average molecular weight is 455 g/mol. The van der Waals surface area contributed by atoms with Crippen molar-refractivity contribution in [2.45, 2.75) is 39.4 Å². The molecule has 1 unspecified atom stereocenters. The first-order valence-electron chi connectivity index (χ1n) is 10.5. The van der Waals surface area contributed by atoms with Crippen molar-refractivity contribution >= 4 is 17.6 Å². The van der Waals surface area contributed by atoms with E-state index in [1.807, 2.05) is 13.8 Å². The number of nitro benzene ring substituents is 1. The van der Waals surface area contributed by atoms with Crippen molar-refractivity contribution in [2.24, 2.45) is 0 Å². The van der Waals surface area contributed by atoms with Crippen LogP contribution in [0.4, 0.5) is 10.5 Å². The van der Waals surface area contributed by atoms with Crippen LogP contribution in [0.15, 0.2) is 48.3 Å². The van der Waals surface area contributed by atoms with Crippen molar-refractivity contribution in [2.75, 3.05) is 13.2 Å². The molecule has 1 aromatic heterocycles. The number of Topliss-reactive ketones (excluding diaryl/α,β-unsaturated/α-hetero) is 1. The van der Waals surface area contributed by atoms with E-state index in [-0.39, 0.29) is 23.9 Å². The van der Waals surface area contributed by atoms with Crippen LogP contribution in [0.5, 0.6) is 5.75 Å². The van der Waals surface area contributed by atoms with Crippen molar-refractivity contribution in [3.8, 4) is 5.75 Å². The second-order valence-corrected chi connectivity index (χ2v) is 7.47. The monoisotopic (exact) mass is 455 g/mol. The molecule has 1 N–H and O–H groups in total. The highest BCUT2D eigenvalue weighted by molar-refractivity contribution is 5.90. The van der Waals surface area contributed by atoms with Gasteiger partial charge in [-0.05, 0) is 25.0 Å². The molecule has 2 aromatic rings. The normalized spacial score (nSPS) is 16.5. The minimum atomic E-state index is -0.692. The number of carbonyl (C=O) groups is 2. The van der Waals surface area contributed by atoms with Crippen molar-refractivity contribution in [1.29, 1.82) is 0 Å². The molecule has 0 spiro atoms. The van der Waals surface area contributed by atoms with E-state index in [1.165, 1.54) is 18.3 Å². The highest BCUT2D eigenvalue weighted by Crippen LogP contribution is 2.25. The number of nitrogens with one attached hydrogen (secondary N) is 1. The Bertz CT molecular complexity index is 1070. The lowest BCUT2D eigenvalue weighted by atomic mass is 9.91. The van der Waals surface area contributed by atoms with E-state index in [4.69, 9.17) is 14.2 Å². The quantitative estimate of drug-likeness (QED) is 0.406. The van der Waals surface area contributed by atoms with Gasteiger partial charge in [-0.1, -0.05) is 25.1 Å². The average Bonchev–Trinajstić information content (AvgIpc) is 3.28. The van der Waals surface area contributed by atoms with Gasteiger partial charge < -0.3 is 19.5 Å². The fourth-order valence-corrected chi connectivity index (χ4v) is 3.25. The van der Waals surface area contributed by atoms with Crippen molar-refractivity contribution < 1.29 is 28.7 Å². The molecule has 0 bridgehead atoms. The number of fused-ring (bicyclic) bond motifs is 1. The Morgan fingerprint density at radius 1 is 1.33 bits per heavy atom. The van der Waals surface area contributed by atoms with Gasteiger partial charge >= 0.3 is 6.16 Å². The molecule has 0 radical (unpaired) electrons. The summed E-state index contributed by atoms with van der Waals surface area (Å²) in [6.07, 6.45) is 3.37. The third-order valence-corrected chi connectivity index (χ3v) is 4.90. The zero-order chi connectivity index (χ0) is 23.8. The summed E-state index contributed by atoms with van der Waals surface area (Å²) >= 11 is 0. The van der Waals surface area contributed by atoms with Crippen molar-refractivity contribution in [1.82, 2.24) is 10.3 Å². The number of pyridine rings is 1. The third-order valence-electron chi connectivity index (χ3n) is 4.90. The van der Waals surface area contributed by atoms with Crippen molar-refractivity contribution in [3.05, 3.63) is 75.2 Å². The maximum absolute atomic E-state index is 11.7. The number of allylic oxidation sites excluding steroid dienone is 2. The second-order valence-electron chi connectivity index (χ2n) is 7.47. The molecule has 174 valence electrons. The first kappa shape index (κ1) is 23.9. The molecule has 4 rings (SSSR count). The molecule has 2 aliphatic heterocycles. The molecule has 1 atom stereocenters. The number of benzene rings is 1. The van der Waals surface area contributed by atoms with Gasteiger partial charge in [-0.25, -0.2) is 4.79 Å². The van der Waals surface area contributed by atoms with Gasteiger partial charge in [0, 0.05) is 23.4 Å². The summed E-state index contributed by atoms with van der Waals surface area (Å²) in [6.45, 7) is 5.47. The van der Waals surface area contributed by atoms with Gasteiger partial charge in [-0.3, -0.25) is 19.9 Å². The van der Waals surface area contributed by atoms with Crippen molar-refractivity contribution in [3.63, 3.8) is 0 Å². The summed E-state index contributed by atoms with van der Waals surface area (Å²) in [6, 6.07) is 7.97. The number of aromatic nitrogens is 1. The fourth-order valence-electron chi connectivity index (χ4n) is 3.25. The number of ether oxygens (including phenoxy) is 3. The van der Waals surface area contributed by atoms with E-state index >= 15 is 0 Å². The van der Waals surface area contributed by atoms with Crippen LogP contribution >= 0.6 is 0 Å². The maximum atomic E-state index is 11.7. The number of non-ortho nitro benzene ring substituents is 1. The van der Waals surface area contributed by atoms with E-state index in [1.54, 1.807) is 24.3 Å². The van der Waals surface area contributed by atoms with Crippen LogP contribution in [0, 0.1) is 10.1 Å². The second kappa shape index (κ2) is 11.2. The molecule has 0 saturated carbocycles. The lowest BCUT2D eigenvalue weighted by Gasteiger charge is -2.20. The molecule has 3 heterocycles. The molecule has 0 aliphatic carbocycles. The highest BCUT2D eigenvalue weighted by atomic mass is 16.7. The van der Waals surface area contributed by atoms with E-state index < -0.39 is 11.1 Å². The van der Waals surface area contributed by atoms with E-state index in [0.717, 1.165) is 23.4 Å². The minimum Gasteiger partial charge on any atom is -0.434 e. The zero-order valence-electron chi connectivity index (χ0n) is 18.4. The number of hydrogen-bond donors (Lipinski definition) is 1. The molecule has 10 heteroatoms. The topological polar surface area (TPSA) is 130 Å². The zero-order valence-corrected chi connectivity index (χ0v) is 18.4. The van der Waals surface area contributed by atoms with Crippen LogP contribution in [-0.4, -0.2) is 35.0 Å². The van der Waals surface area contributed by atoms with Crippen LogP contribution < -0.4 is 10.1 Å². The van der Waals surface area contributed by atoms with Crippen LogP contribution in [-0.2, 0) is 27.5 Å². The van der Waals surface area contributed by atoms with Gasteiger partial charge in [0.15, 0.2) is 11.5 Å². The van der Waals surface area contributed by atoms with E-state index in [0.29, 0.717) is 31.1 Å². The molecule has 2 aliphatic rings. The number of nitro groups is 1. The summed E-state index contributed by atoms with van der Waals surface area (Å²) in [5.74, 6) is 0.0394. The van der Waals surface area contributed by atoms with Gasteiger partial charge in [-0.15, -0.1) is 0 Å². The predicted octanol–water partition coefficient (Wildman–Crippen LogP) is 3.79. The van der Waals surface area contributed by atoms with Gasteiger partial charge in [0.1, 0.15) is 0 Å². The Morgan fingerprint density at radius 3 is 2.91 bits per heavy atom. The van der Waals surface area contributed by atoms with Crippen LogP contribution in [0.25, 0.3) is 0 Å². The van der Waals surface area contributed by atoms with Crippen LogP contribution in [0.1, 0.15) is 43.0 Å². The Morgan fingerprint density at radius 2 is 2.15 bits per heavy atom. The van der Waals surface area contributed by atoms with Gasteiger partial charge in [0.05, 0.1) is 49.1 Å². The van der Waals surface area contributed by atoms with Gasteiger partial charge in [0.2, 0.25) is 0 Å². The summed E-state index contributed by atoms with van der Waals surface area (Å²) < 4.78 is 15.0. The standard InChI is InChI=1S/C12H12N2O3.C11H13NO4/c1-8-5-11(12(15)7-13-8)9-3-2-4-10(6-9)14(16)17;1-2-3-15-11(13)16-9-4-8-6-14-7-10(8)12-5-9/h2-6,11,13H,7H2,1H3;4-5H,2-3,6-7H2,1H3. The molecule has 10 nitrogen and oxygen atoms in total. The SMILES string of the molecule is CC1=CC(c2cccc([N+](=O)[O-])c2)C(=O)CN1.CCCOC(=O)Oc1cnc2c(c1)COC2. The number of carbonyl (C=O) groups excluding carboxylic acids is 2. The molecule has 0 amide bonds. The molecule has 0 fully saturated rings. The minimum absolute atomic E-state index is 0.0138. The first-order valence-corrected chi connectivity index (χ1v) is 10.5. The molecule has 1 aromatic carbocycles. The summed E-state index contributed by atoms with van der Waals surface area (Å²) in [5.41, 5.74) is 3.46. The Hall–Kier alpha value is -3.79. The predicted molar refractivity (Wildman–Crippen MR) is 118 cm³/mol. The fraction of sp³-hybridized carbons (Fsp3) is 0.348. The number of rotatable bonds is 5. The van der Waals surface area contributed by atoms with Gasteiger partial charge in [0.25, 0.3) is 5.69 Å². The molecule has 0 saturated heterocycles. The highest BCUT2D eigenvalue weighted by Gasteiger charge is 2.23. The van der Waals surface area contributed by atoms with Gasteiger partial charge in [-0.2, -0.15) is 0 Å². The number of nitrogens with zero attached hydrogens (tertiary/aromatic N) is 2. The Balaban J connectivity index is 0.000000186. The molecular formula is C23H25N3O7. The maximum Gasteiger partial charge on any atom is 0.513 e. The summed E-state index contributed by atoms with van der Waals surface area (Å²) in [4.78, 5) is 37.3. The molecular weight excluding hydrogens is 430 g/mol.